The fraction of sp³-hybridized carbons (Fsp3) is 0.333. The minimum Gasteiger partial charge on any atom is -0.496 e. The van der Waals surface area contributed by atoms with Crippen LogP contribution in [0, 0.1) is 12.8 Å². The molecule has 1 aliphatic heterocycles. The maximum Gasteiger partial charge on any atom is 0.171 e. The fourth-order valence-electron chi connectivity index (χ4n) is 3.69. The maximum absolute atomic E-state index is 13.1. The molecule has 7 heteroatoms. The summed E-state index contributed by atoms with van der Waals surface area (Å²) in [6, 6.07) is 11.2. The summed E-state index contributed by atoms with van der Waals surface area (Å²) in [6.45, 7) is 3.37. The van der Waals surface area contributed by atoms with Gasteiger partial charge in [0.05, 0.1) is 12.7 Å². The van der Waals surface area contributed by atoms with E-state index in [1.54, 1.807) is 18.0 Å². The van der Waals surface area contributed by atoms with Gasteiger partial charge in [-0.05, 0) is 38.0 Å². The molecule has 0 radical (unpaired) electrons. The smallest absolute Gasteiger partial charge is 0.171 e. The number of aryl methyl sites for hydroxylation is 1. The van der Waals surface area contributed by atoms with Gasteiger partial charge in [-0.1, -0.05) is 12.1 Å². The number of hydrogen-bond donors (Lipinski definition) is 0. The molecular formula is C21H23N5O2. The molecule has 1 atom stereocenters. The molecule has 1 fully saturated rings. The number of carbonyl (C=O) groups excluding carboxylic acids is 1. The fourth-order valence-corrected chi connectivity index (χ4v) is 3.69. The van der Waals surface area contributed by atoms with Gasteiger partial charge in [0.25, 0.3) is 0 Å². The maximum atomic E-state index is 13.1. The van der Waals surface area contributed by atoms with E-state index in [0.29, 0.717) is 23.7 Å². The van der Waals surface area contributed by atoms with Crippen LogP contribution in [0.4, 0.5) is 5.82 Å². The number of para-hydroxylation sites is 1. The summed E-state index contributed by atoms with van der Waals surface area (Å²) in [4.78, 5) is 24.4. The Kier molecular flexibility index (Phi) is 5.06. The lowest BCUT2D eigenvalue weighted by Crippen LogP contribution is -2.39. The van der Waals surface area contributed by atoms with Crippen LogP contribution < -0.4 is 9.64 Å². The van der Waals surface area contributed by atoms with Gasteiger partial charge in [-0.3, -0.25) is 4.79 Å². The number of aromatic nitrogens is 4. The van der Waals surface area contributed by atoms with Gasteiger partial charge in [-0.25, -0.2) is 14.6 Å². The lowest BCUT2D eigenvalue weighted by Gasteiger charge is -2.33. The van der Waals surface area contributed by atoms with Gasteiger partial charge in [0, 0.05) is 37.5 Å². The minimum atomic E-state index is -0.0894. The molecule has 1 aliphatic rings. The van der Waals surface area contributed by atoms with Crippen LogP contribution in [-0.4, -0.2) is 45.7 Å². The van der Waals surface area contributed by atoms with Crippen LogP contribution in [0.5, 0.6) is 5.75 Å². The monoisotopic (exact) mass is 377 g/mol. The number of piperidine rings is 1. The second kappa shape index (κ2) is 7.80. The van der Waals surface area contributed by atoms with Gasteiger partial charge >= 0.3 is 0 Å². The second-order valence-corrected chi connectivity index (χ2v) is 6.93. The summed E-state index contributed by atoms with van der Waals surface area (Å²) >= 11 is 0. The zero-order valence-corrected chi connectivity index (χ0v) is 16.1. The molecule has 0 aliphatic carbocycles. The molecule has 3 aromatic rings. The first-order chi connectivity index (χ1) is 13.7. The Hall–Kier alpha value is -3.22. The molecule has 0 bridgehead atoms. The number of benzene rings is 1. The third kappa shape index (κ3) is 3.60. The third-order valence-electron chi connectivity index (χ3n) is 5.04. The molecule has 3 heterocycles. The van der Waals surface area contributed by atoms with Crippen molar-refractivity contribution in [2.45, 2.75) is 19.8 Å². The molecule has 4 rings (SSSR count). The molecule has 2 aromatic heterocycles. The largest absolute Gasteiger partial charge is 0.496 e. The number of ketones is 1. The number of Topliss-reactive ketones (excluding diaryl/α,β-unsaturated/α-hetero) is 1. The number of anilines is 1. The topological polar surface area (TPSA) is 73.1 Å². The zero-order chi connectivity index (χ0) is 19.5. The van der Waals surface area contributed by atoms with Crippen molar-refractivity contribution in [2.24, 2.45) is 5.92 Å². The van der Waals surface area contributed by atoms with E-state index in [-0.39, 0.29) is 11.7 Å². The highest BCUT2D eigenvalue weighted by Crippen LogP contribution is 2.28. The molecule has 0 amide bonds. The summed E-state index contributed by atoms with van der Waals surface area (Å²) < 4.78 is 7.10. The van der Waals surface area contributed by atoms with E-state index in [2.05, 4.69) is 20.0 Å². The van der Waals surface area contributed by atoms with Crippen molar-refractivity contribution in [2.75, 3.05) is 25.1 Å². The molecule has 0 saturated carbocycles. The van der Waals surface area contributed by atoms with Crippen molar-refractivity contribution in [3.63, 3.8) is 0 Å². The molecule has 144 valence electrons. The highest BCUT2D eigenvalue weighted by molar-refractivity contribution is 6.00. The van der Waals surface area contributed by atoms with Crippen molar-refractivity contribution in [3.8, 4) is 11.6 Å². The van der Waals surface area contributed by atoms with E-state index in [1.807, 2.05) is 49.5 Å². The van der Waals surface area contributed by atoms with Crippen LogP contribution in [0.25, 0.3) is 5.82 Å². The van der Waals surface area contributed by atoms with Gasteiger partial charge in [0.1, 0.15) is 17.4 Å². The van der Waals surface area contributed by atoms with Gasteiger partial charge < -0.3 is 9.64 Å². The molecular weight excluding hydrogens is 354 g/mol. The number of rotatable bonds is 5. The molecule has 1 aromatic carbocycles. The highest BCUT2D eigenvalue weighted by atomic mass is 16.5. The Morgan fingerprint density at radius 2 is 2.00 bits per heavy atom. The van der Waals surface area contributed by atoms with Crippen LogP contribution in [0.3, 0.4) is 0 Å². The first-order valence-electron chi connectivity index (χ1n) is 9.43. The SMILES string of the molecule is COc1ccccc1C(=O)[C@H]1CCCN(c2cc(-n3cccn3)nc(C)n2)C1. The van der Waals surface area contributed by atoms with E-state index in [1.165, 1.54) is 0 Å². The molecule has 28 heavy (non-hydrogen) atoms. The van der Waals surface area contributed by atoms with E-state index < -0.39 is 0 Å². The van der Waals surface area contributed by atoms with Gasteiger partial charge in [-0.15, -0.1) is 0 Å². The molecule has 7 nitrogen and oxygen atoms in total. The van der Waals surface area contributed by atoms with E-state index in [9.17, 15) is 4.79 Å². The van der Waals surface area contributed by atoms with Gasteiger partial charge in [0.15, 0.2) is 11.6 Å². The number of ether oxygens (including phenoxy) is 1. The van der Waals surface area contributed by atoms with Crippen LogP contribution in [0.1, 0.15) is 29.0 Å². The predicted molar refractivity (Wildman–Crippen MR) is 106 cm³/mol. The Morgan fingerprint density at radius 3 is 2.79 bits per heavy atom. The molecule has 0 spiro atoms. The quantitative estimate of drug-likeness (QED) is 0.636. The summed E-state index contributed by atoms with van der Waals surface area (Å²) in [5.41, 5.74) is 0.646. The zero-order valence-electron chi connectivity index (χ0n) is 16.1. The van der Waals surface area contributed by atoms with E-state index in [0.717, 1.165) is 31.0 Å². The molecule has 1 saturated heterocycles. The Labute approximate surface area is 164 Å². The minimum absolute atomic E-state index is 0.0894. The number of hydrogen-bond acceptors (Lipinski definition) is 6. The lowest BCUT2D eigenvalue weighted by molar-refractivity contribution is 0.0904. The third-order valence-corrected chi connectivity index (χ3v) is 5.04. The van der Waals surface area contributed by atoms with Crippen LogP contribution in [-0.2, 0) is 0 Å². The average molecular weight is 377 g/mol. The number of carbonyl (C=O) groups is 1. The lowest BCUT2D eigenvalue weighted by atomic mass is 9.89. The average Bonchev–Trinajstić information content (AvgIpc) is 3.28. The standard InChI is InChI=1S/C21H23N5O2/c1-15-23-19(13-20(24-15)26-12-6-10-22-26)25-11-5-7-16(14-25)21(27)17-8-3-4-9-18(17)28-2/h3-4,6,8-10,12-13,16H,5,7,11,14H2,1-2H3/t16-/m0/s1. The van der Waals surface area contributed by atoms with E-state index >= 15 is 0 Å². The van der Waals surface area contributed by atoms with Crippen molar-refractivity contribution >= 4 is 11.6 Å². The first-order valence-corrected chi connectivity index (χ1v) is 9.43. The van der Waals surface area contributed by atoms with Crippen molar-refractivity contribution in [1.29, 1.82) is 0 Å². The first kappa shape index (κ1) is 18.2. The number of nitrogens with zero attached hydrogens (tertiary/aromatic N) is 5. The normalized spacial score (nSPS) is 16.8. The van der Waals surface area contributed by atoms with Crippen LogP contribution in [0.15, 0.2) is 48.8 Å². The van der Waals surface area contributed by atoms with Crippen LogP contribution in [0.2, 0.25) is 0 Å². The molecule has 0 unspecified atom stereocenters. The Bertz CT molecular complexity index is 971. The van der Waals surface area contributed by atoms with Crippen molar-refractivity contribution in [1.82, 2.24) is 19.7 Å². The summed E-state index contributed by atoms with van der Waals surface area (Å²) in [7, 11) is 1.60. The highest BCUT2D eigenvalue weighted by Gasteiger charge is 2.29. The van der Waals surface area contributed by atoms with Crippen molar-refractivity contribution in [3.05, 3.63) is 60.2 Å². The van der Waals surface area contributed by atoms with Crippen LogP contribution >= 0.6 is 0 Å². The second-order valence-electron chi connectivity index (χ2n) is 6.93. The summed E-state index contributed by atoms with van der Waals surface area (Å²) in [5, 5.41) is 4.26. The predicted octanol–water partition coefficient (Wildman–Crippen LogP) is 3.08. The Morgan fingerprint density at radius 1 is 1.18 bits per heavy atom. The summed E-state index contributed by atoms with van der Waals surface area (Å²) in [6.07, 6.45) is 5.38. The Balaban J connectivity index is 1.58. The number of methoxy groups -OCH3 is 1. The van der Waals surface area contributed by atoms with Crippen molar-refractivity contribution < 1.29 is 9.53 Å². The molecule has 0 N–H and O–H groups in total. The summed E-state index contributed by atoms with van der Waals surface area (Å²) in [5.74, 6) is 2.90. The van der Waals surface area contributed by atoms with Gasteiger partial charge in [0.2, 0.25) is 0 Å². The van der Waals surface area contributed by atoms with Gasteiger partial charge in [-0.2, -0.15) is 5.10 Å². The van der Waals surface area contributed by atoms with E-state index in [4.69, 9.17) is 4.74 Å².